The quantitative estimate of drug-likeness (QED) is 0.0939. The number of nitrogens with zero attached hydrogens (tertiary/aromatic N) is 11. The van der Waals surface area contributed by atoms with Gasteiger partial charge in [-0.3, -0.25) is 29.4 Å². The van der Waals surface area contributed by atoms with Crippen LogP contribution in [0.3, 0.4) is 0 Å². The molecule has 5 fully saturated rings. The minimum atomic E-state index is -0.754. The highest BCUT2D eigenvalue weighted by molar-refractivity contribution is 6.02. The van der Waals surface area contributed by atoms with Gasteiger partial charge in [0.25, 0.3) is 12.4 Å². The number of hydrogen-bond donors (Lipinski definition) is 4. The first-order chi connectivity index (χ1) is 35.9. The van der Waals surface area contributed by atoms with Gasteiger partial charge in [-0.2, -0.15) is 5.10 Å². The Morgan fingerprint density at radius 1 is 0.907 bits per heavy atom. The Kier molecular flexibility index (Phi) is 15.3. The van der Waals surface area contributed by atoms with E-state index in [-0.39, 0.29) is 73.0 Å². The third kappa shape index (κ3) is 11.3. The number of fused-ring (bicyclic) bond motifs is 1. The van der Waals surface area contributed by atoms with Crippen LogP contribution in [0.1, 0.15) is 109 Å². The lowest BCUT2D eigenvalue weighted by molar-refractivity contribution is -0.136. The van der Waals surface area contributed by atoms with Gasteiger partial charge >= 0.3 is 6.09 Å². The fourth-order valence-corrected chi connectivity index (χ4v) is 10.8. The number of carbonyl (C=O) groups excluding carboxylic acids is 4. The fraction of sp³-hybridized carbons (Fsp3) is 0.549. The number of ether oxygens (including phenoxy) is 1. The zero-order chi connectivity index (χ0) is 53.3. The summed E-state index contributed by atoms with van der Waals surface area (Å²) >= 11 is 0. The van der Waals surface area contributed by atoms with Crippen molar-refractivity contribution in [1.29, 1.82) is 0 Å². The highest BCUT2D eigenvalue weighted by Crippen LogP contribution is 2.48. The van der Waals surface area contributed by atoms with Gasteiger partial charge in [0, 0.05) is 88.3 Å². The van der Waals surface area contributed by atoms with Crippen molar-refractivity contribution in [2.75, 3.05) is 68.4 Å². The van der Waals surface area contributed by atoms with Gasteiger partial charge in [0.1, 0.15) is 35.3 Å². The number of carbonyl (C=O) groups is 5. The van der Waals surface area contributed by atoms with E-state index in [9.17, 15) is 19.2 Å². The number of amides is 4. The average Bonchev–Trinajstić information content (AvgIpc) is 4.01. The summed E-state index contributed by atoms with van der Waals surface area (Å²) in [5, 5.41) is 22.0. The predicted molar refractivity (Wildman–Crippen MR) is 270 cm³/mol. The van der Waals surface area contributed by atoms with Crippen LogP contribution in [-0.2, 0) is 29.5 Å². The number of piperazine rings is 1. The second kappa shape index (κ2) is 21.8. The van der Waals surface area contributed by atoms with Crippen LogP contribution in [0.15, 0.2) is 35.4 Å². The SMILES string of the molecule is C[C@@H]1CN(c2c(F)cc(NC3CCC(=O)NC3=O)cc2F)C[C@H](C)N1CC1CCN(C(=O)COC(=O)N2CCC(c3cnc(-c4c(-c5nn(C(C)(C)C)c6ncnc(N)c56)noc4C4CC4)nc3)CC2)CC1.O=CO. The lowest BCUT2D eigenvalue weighted by Crippen LogP contribution is -2.58. The Labute approximate surface area is 431 Å². The second-order valence-electron chi connectivity index (χ2n) is 21.3. The van der Waals surface area contributed by atoms with E-state index in [0.29, 0.717) is 97.7 Å². The van der Waals surface area contributed by atoms with Gasteiger partial charge in [-0.05, 0) is 109 Å². The molecule has 0 bridgehead atoms. The number of piperidine rings is 3. The maximum atomic E-state index is 15.5. The highest BCUT2D eigenvalue weighted by atomic mass is 19.1. The van der Waals surface area contributed by atoms with Crippen LogP contribution < -0.4 is 21.3 Å². The van der Waals surface area contributed by atoms with Crippen LogP contribution in [0.4, 0.5) is 30.8 Å². The number of imide groups is 1. The van der Waals surface area contributed by atoms with Crippen LogP contribution in [0.25, 0.3) is 33.8 Å². The van der Waals surface area contributed by atoms with E-state index in [1.165, 1.54) is 18.5 Å². The number of hydrogen-bond acceptors (Lipinski definition) is 17. The molecule has 4 aromatic heterocycles. The minimum absolute atomic E-state index is 0.00130. The smallest absolute Gasteiger partial charge is 0.410 e. The predicted octanol–water partition coefficient (Wildman–Crippen LogP) is 5.50. The summed E-state index contributed by atoms with van der Waals surface area (Å²) in [6.07, 6.45) is 9.87. The highest BCUT2D eigenvalue weighted by Gasteiger charge is 2.38. The van der Waals surface area contributed by atoms with Gasteiger partial charge in [0.15, 0.2) is 35.5 Å². The standard InChI is InChI=1S/C50H62F2N14O6.CH2O2/c1-27-22-64(43-34(51)18-33(19-35(43)52)58-36-8-9-37(67)59-48(36)69)23-28(2)65(27)24-29-10-14-62(15-11-29)38(68)25-71-49(70)63-16-12-30(13-17-63)32-20-54-46(55-21-32)39-42(61-72-44(39)31-6-7-31)41-40-45(53)56-26-57-47(40)66(60-41)50(3,4)5;2-1-3/h18-21,26-31,36,58H,6-17,22-25H2,1-5H3,(H2,53,56,57)(H,59,67,69);1H,(H,2,3)/t27-,28+,36?;. The lowest BCUT2D eigenvalue weighted by atomic mass is 9.91. The molecule has 24 heteroatoms. The van der Waals surface area contributed by atoms with Crippen LogP contribution in [0.2, 0.25) is 0 Å². The maximum Gasteiger partial charge on any atom is 0.410 e. The average molecular weight is 1040 g/mol. The molecule has 400 valence electrons. The van der Waals surface area contributed by atoms with E-state index in [4.69, 9.17) is 40.0 Å². The Morgan fingerprint density at radius 3 is 2.16 bits per heavy atom. The number of nitrogen functional groups attached to an aromatic ring is 1. The minimum Gasteiger partial charge on any atom is -0.483 e. The van der Waals surface area contributed by atoms with Gasteiger partial charge in [0.05, 0.1) is 16.5 Å². The number of halogens is 2. The maximum absolute atomic E-state index is 15.5. The molecule has 75 heavy (non-hydrogen) atoms. The first-order valence-corrected chi connectivity index (χ1v) is 25.6. The van der Waals surface area contributed by atoms with Crippen LogP contribution in [-0.4, -0.2) is 156 Å². The zero-order valence-corrected chi connectivity index (χ0v) is 42.8. The molecule has 1 aliphatic carbocycles. The van der Waals surface area contributed by atoms with Crippen molar-refractivity contribution in [3.05, 3.63) is 53.8 Å². The Bertz CT molecular complexity index is 2890. The van der Waals surface area contributed by atoms with Gasteiger partial charge < -0.3 is 40.1 Å². The number of anilines is 3. The largest absolute Gasteiger partial charge is 0.483 e. The van der Waals surface area contributed by atoms with E-state index in [0.717, 1.165) is 43.6 Å². The van der Waals surface area contributed by atoms with Gasteiger partial charge in [-0.15, -0.1) is 0 Å². The molecule has 4 saturated heterocycles. The molecule has 5 aliphatic rings. The van der Waals surface area contributed by atoms with E-state index in [1.807, 2.05) is 37.8 Å². The van der Waals surface area contributed by atoms with Crippen molar-refractivity contribution >= 4 is 58.5 Å². The van der Waals surface area contributed by atoms with E-state index in [2.05, 4.69) is 44.5 Å². The summed E-state index contributed by atoms with van der Waals surface area (Å²) in [6.45, 7) is 13.3. The molecule has 8 heterocycles. The molecule has 1 saturated carbocycles. The summed E-state index contributed by atoms with van der Waals surface area (Å²) < 4.78 is 44.4. The molecular weight excluding hydrogens is 975 g/mol. The Morgan fingerprint density at radius 2 is 1.55 bits per heavy atom. The number of benzene rings is 1. The normalized spacial score (nSPS) is 21.2. The molecule has 5 aromatic rings. The number of nitrogens with two attached hydrogens (primary N) is 1. The molecule has 10 rings (SSSR count). The van der Waals surface area contributed by atoms with Crippen LogP contribution >= 0.6 is 0 Å². The topological polar surface area (TPSA) is 273 Å². The van der Waals surface area contributed by atoms with Gasteiger partial charge in [0.2, 0.25) is 11.8 Å². The van der Waals surface area contributed by atoms with Crippen LogP contribution in [0, 0.1) is 17.6 Å². The first kappa shape index (κ1) is 52.5. The molecule has 1 aromatic carbocycles. The summed E-state index contributed by atoms with van der Waals surface area (Å²) in [4.78, 5) is 84.5. The number of rotatable bonds is 11. The van der Waals surface area contributed by atoms with Crippen molar-refractivity contribution in [2.24, 2.45) is 5.92 Å². The summed E-state index contributed by atoms with van der Waals surface area (Å²) in [6, 6.07) is 1.64. The number of carboxylic acid groups (broad SMARTS) is 1. The Hall–Kier alpha value is -7.37. The molecule has 22 nitrogen and oxygen atoms in total. The van der Waals surface area contributed by atoms with Crippen molar-refractivity contribution in [2.45, 2.75) is 121 Å². The van der Waals surface area contributed by atoms with Crippen molar-refractivity contribution in [3.63, 3.8) is 0 Å². The zero-order valence-electron chi connectivity index (χ0n) is 42.8. The molecule has 3 atom stereocenters. The van der Waals surface area contributed by atoms with Crippen molar-refractivity contribution in [3.8, 4) is 22.8 Å². The molecule has 4 aliphatic heterocycles. The third-order valence-corrected chi connectivity index (χ3v) is 14.9. The van der Waals surface area contributed by atoms with Gasteiger partial charge in [-0.25, -0.2) is 38.2 Å². The van der Waals surface area contributed by atoms with Crippen molar-refractivity contribution < 1.29 is 47.1 Å². The number of nitrogens with one attached hydrogen (secondary N) is 2. The second-order valence-corrected chi connectivity index (χ2v) is 21.3. The number of likely N-dealkylation sites (tertiary alicyclic amines) is 2. The van der Waals surface area contributed by atoms with Crippen LogP contribution in [0.5, 0.6) is 0 Å². The van der Waals surface area contributed by atoms with E-state index in [1.54, 1.807) is 14.7 Å². The summed E-state index contributed by atoms with van der Waals surface area (Å²) in [5.74, 6) is -0.411. The first-order valence-electron chi connectivity index (χ1n) is 25.6. The molecule has 1 unspecified atom stereocenters. The fourth-order valence-electron chi connectivity index (χ4n) is 10.8. The van der Waals surface area contributed by atoms with Crippen molar-refractivity contribution in [1.82, 2.24) is 54.9 Å². The monoisotopic (exact) mass is 1040 g/mol. The molecule has 5 N–H and O–H groups in total. The van der Waals surface area contributed by atoms with E-state index < -0.39 is 35.2 Å². The molecular formula is C51H64F2N14O8. The van der Waals surface area contributed by atoms with Gasteiger partial charge in [-0.1, -0.05) is 5.16 Å². The summed E-state index contributed by atoms with van der Waals surface area (Å²) in [5.41, 5.74) is 9.29. The molecule has 4 amide bonds. The molecule has 0 spiro atoms. The van der Waals surface area contributed by atoms with E-state index >= 15 is 8.78 Å². The number of aromatic nitrogens is 7. The third-order valence-electron chi connectivity index (χ3n) is 14.9. The summed E-state index contributed by atoms with van der Waals surface area (Å²) in [7, 11) is 0. The lowest BCUT2D eigenvalue weighted by Gasteiger charge is -2.47. The molecule has 0 radical (unpaired) electrons. The Balaban J connectivity index is 0.00000224.